The van der Waals surface area contributed by atoms with E-state index in [4.69, 9.17) is 0 Å². The molecule has 0 spiro atoms. The maximum atomic E-state index is 10.1. The quantitative estimate of drug-likeness (QED) is 0.743. The lowest BCUT2D eigenvalue weighted by atomic mass is 10.1. The Labute approximate surface area is 130 Å². The standard InChI is InChI=1S/C16H15BrN2O2/c1-2-7-19-14-6-3-10(17)8-13(14)18-16(19)12-5-4-11(20)9-15(12)21/h3-6,8-9,20-21H,2,7H2,1H3. The lowest BCUT2D eigenvalue weighted by molar-refractivity contribution is 0.451. The van der Waals surface area contributed by atoms with Gasteiger partial charge >= 0.3 is 0 Å². The fourth-order valence-corrected chi connectivity index (χ4v) is 2.82. The Morgan fingerprint density at radius 2 is 1.95 bits per heavy atom. The molecule has 1 aromatic heterocycles. The Morgan fingerprint density at radius 1 is 1.14 bits per heavy atom. The summed E-state index contributed by atoms with van der Waals surface area (Å²) in [5.74, 6) is 0.779. The predicted octanol–water partition coefficient (Wildman–Crippen LogP) is 4.29. The molecule has 0 aliphatic carbocycles. The van der Waals surface area contributed by atoms with Gasteiger partial charge in [-0.1, -0.05) is 22.9 Å². The number of fused-ring (bicyclic) bond motifs is 1. The Balaban J connectivity index is 2.27. The first-order chi connectivity index (χ1) is 10.1. The minimum absolute atomic E-state index is 0.0294. The first kappa shape index (κ1) is 13.9. The van der Waals surface area contributed by atoms with E-state index in [1.807, 2.05) is 18.2 Å². The first-order valence-corrected chi connectivity index (χ1v) is 7.57. The van der Waals surface area contributed by atoms with Crippen LogP contribution >= 0.6 is 15.9 Å². The molecule has 4 nitrogen and oxygen atoms in total. The minimum Gasteiger partial charge on any atom is -0.508 e. The van der Waals surface area contributed by atoms with E-state index >= 15 is 0 Å². The second-order valence-electron chi connectivity index (χ2n) is 4.92. The van der Waals surface area contributed by atoms with Crippen molar-refractivity contribution in [2.24, 2.45) is 0 Å². The van der Waals surface area contributed by atoms with E-state index in [0.29, 0.717) is 11.4 Å². The number of phenolic OH excluding ortho intramolecular Hbond substituents is 2. The minimum atomic E-state index is 0.0294. The van der Waals surface area contributed by atoms with E-state index in [2.05, 4.69) is 32.4 Å². The molecule has 0 atom stereocenters. The van der Waals surface area contributed by atoms with Crippen molar-refractivity contribution in [3.05, 3.63) is 40.9 Å². The van der Waals surface area contributed by atoms with Gasteiger partial charge in [0.25, 0.3) is 0 Å². The van der Waals surface area contributed by atoms with Crippen LogP contribution in [-0.4, -0.2) is 19.8 Å². The zero-order valence-corrected chi connectivity index (χ0v) is 13.1. The van der Waals surface area contributed by atoms with Gasteiger partial charge in [0.05, 0.1) is 16.6 Å². The number of aromatic nitrogens is 2. The monoisotopic (exact) mass is 346 g/mol. The zero-order chi connectivity index (χ0) is 15.0. The molecule has 21 heavy (non-hydrogen) atoms. The van der Waals surface area contributed by atoms with E-state index in [9.17, 15) is 10.2 Å². The Bertz CT molecular complexity index is 811. The summed E-state index contributed by atoms with van der Waals surface area (Å²) in [6, 6.07) is 10.5. The molecule has 108 valence electrons. The van der Waals surface area contributed by atoms with Crippen molar-refractivity contribution in [3.63, 3.8) is 0 Å². The Kier molecular flexibility index (Phi) is 3.59. The van der Waals surface area contributed by atoms with Gasteiger partial charge in [0.15, 0.2) is 0 Å². The van der Waals surface area contributed by atoms with Crippen LogP contribution in [0, 0.1) is 0 Å². The number of hydrogen-bond acceptors (Lipinski definition) is 3. The van der Waals surface area contributed by atoms with Crippen LogP contribution in [0.15, 0.2) is 40.9 Å². The zero-order valence-electron chi connectivity index (χ0n) is 11.5. The lowest BCUT2D eigenvalue weighted by Crippen LogP contribution is -1.99. The Hall–Kier alpha value is -2.01. The van der Waals surface area contributed by atoms with Gasteiger partial charge in [-0.25, -0.2) is 4.98 Å². The molecule has 3 aromatic rings. The smallest absolute Gasteiger partial charge is 0.144 e. The van der Waals surface area contributed by atoms with Crippen LogP contribution < -0.4 is 0 Å². The summed E-state index contributed by atoms with van der Waals surface area (Å²) in [4.78, 5) is 4.64. The van der Waals surface area contributed by atoms with E-state index in [1.54, 1.807) is 12.1 Å². The molecule has 3 rings (SSSR count). The molecule has 2 N–H and O–H groups in total. The average Bonchev–Trinajstić information content (AvgIpc) is 2.77. The molecule has 1 heterocycles. The van der Waals surface area contributed by atoms with Crippen molar-refractivity contribution in [2.45, 2.75) is 19.9 Å². The van der Waals surface area contributed by atoms with Gasteiger partial charge in [-0.3, -0.25) is 0 Å². The third-order valence-corrected chi connectivity index (χ3v) is 3.87. The van der Waals surface area contributed by atoms with Gasteiger partial charge in [-0.2, -0.15) is 0 Å². The molecule has 2 aromatic carbocycles. The summed E-state index contributed by atoms with van der Waals surface area (Å²) in [6.45, 7) is 2.92. The fraction of sp³-hybridized carbons (Fsp3) is 0.188. The van der Waals surface area contributed by atoms with Gasteiger partial charge in [-0.15, -0.1) is 0 Å². The maximum Gasteiger partial charge on any atom is 0.144 e. The van der Waals surface area contributed by atoms with Gasteiger partial charge in [-0.05, 0) is 36.8 Å². The number of halogens is 1. The molecular formula is C16H15BrN2O2. The maximum absolute atomic E-state index is 10.1. The molecule has 0 saturated carbocycles. The molecule has 0 bridgehead atoms. The van der Waals surface area contributed by atoms with Crippen LogP contribution in [0.5, 0.6) is 11.5 Å². The summed E-state index contributed by atoms with van der Waals surface area (Å²) in [6.07, 6.45) is 0.966. The number of benzene rings is 2. The number of rotatable bonds is 3. The highest BCUT2D eigenvalue weighted by atomic mass is 79.9. The fourth-order valence-electron chi connectivity index (χ4n) is 2.47. The van der Waals surface area contributed by atoms with Crippen LogP contribution in [0.25, 0.3) is 22.4 Å². The van der Waals surface area contributed by atoms with E-state index in [-0.39, 0.29) is 11.5 Å². The van der Waals surface area contributed by atoms with Crippen molar-refractivity contribution in [1.29, 1.82) is 0 Å². The molecule has 0 fully saturated rings. The molecule has 0 aliphatic rings. The van der Waals surface area contributed by atoms with Gasteiger partial charge in [0, 0.05) is 17.1 Å². The molecule has 0 aliphatic heterocycles. The second-order valence-corrected chi connectivity index (χ2v) is 5.84. The third-order valence-electron chi connectivity index (χ3n) is 3.38. The average molecular weight is 347 g/mol. The largest absolute Gasteiger partial charge is 0.508 e. The van der Waals surface area contributed by atoms with Crippen LogP contribution in [0.4, 0.5) is 0 Å². The van der Waals surface area contributed by atoms with Crippen molar-refractivity contribution in [3.8, 4) is 22.9 Å². The molecule has 0 radical (unpaired) electrons. The topological polar surface area (TPSA) is 58.3 Å². The summed E-state index contributed by atoms with van der Waals surface area (Å²) in [5.41, 5.74) is 2.52. The van der Waals surface area contributed by atoms with Crippen LogP contribution in [0.2, 0.25) is 0 Å². The van der Waals surface area contributed by atoms with Gasteiger partial charge in [0.1, 0.15) is 17.3 Å². The lowest BCUT2D eigenvalue weighted by Gasteiger charge is -2.09. The number of imidazole rings is 1. The van der Waals surface area contributed by atoms with Gasteiger partial charge in [0.2, 0.25) is 0 Å². The second kappa shape index (κ2) is 5.41. The molecule has 5 heteroatoms. The highest BCUT2D eigenvalue weighted by Crippen LogP contribution is 2.34. The molecule has 0 saturated heterocycles. The summed E-state index contributed by atoms with van der Waals surface area (Å²) in [7, 11) is 0. The number of phenols is 2. The van der Waals surface area contributed by atoms with Crippen molar-refractivity contribution >= 4 is 27.0 Å². The number of aromatic hydroxyl groups is 2. The van der Waals surface area contributed by atoms with Crippen LogP contribution in [-0.2, 0) is 6.54 Å². The van der Waals surface area contributed by atoms with Crippen LogP contribution in [0.1, 0.15) is 13.3 Å². The summed E-state index contributed by atoms with van der Waals surface area (Å²) in [5, 5.41) is 19.5. The predicted molar refractivity (Wildman–Crippen MR) is 86.5 cm³/mol. The summed E-state index contributed by atoms with van der Waals surface area (Å²) < 4.78 is 3.06. The SMILES string of the molecule is CCCn1c(-c2ccc(O)cc2O)nc2cc(Br)ccc21. The van der Waals surface area contributed by atoms with E-state index < -0.39 is 0 Å². The van der Waals surface area contributed by atoms with Crippen LogP contribution in [0.3, 0.4) is 0 Å². The molecule has 0 unspecified atom stereocenters. The Morgan fingerprint density at radius 3 is 2.67 bits per heavy atom. The van der Waals surface area contributed by atoms with Crippen molar-refractivity contribution < 1.29 is 10.2 Å². The number of nitrogens with zero attached hydrogens (tertiary/aromatic N) is 2. The van der Waals surface area contributed by atoms with E-state index in [0.717, 1.165) is 28.5 Å². The van der Waals surface area contributed by atoms with E-state index in [1.165, 1.54) is 6.07 Å². The number of aryl methyl sites for hydroxylation is 1. The van der Waals surface area contributed by atoms with Crippen molar-refractivity contribution in [2.75, 3.05) is 0 Å². The summed E-state index contributed by atoms with van der Waals surface area (Å²) >= 11 is 3.45. The third kappa shape index (κ3) is 2.49. The van der Waals surface area contributed by atoms with Crippen molar-refractivity contribution in [1.82, 2.24) is 9.55 Å². The highest BCUT2D eigenvalue weighted by Gasteiger charge is 2.15. The highest BCUT2D eigenvalue weighted by molar-refractivity contribution is 9.10. The number of hydrogen-bond donors (Lipinski definition) is 2. The molecule has 0 amide bonds. The first-order valence-electron chi connectivity index (χ1n) is 6.78. The normalized spacial score (nSPS) is 11.1. The molecular weight excluding hydrogens is 332 g/mol. The van der Waals surface area contributed by atoms with Gasteiger partial charge < -0.3 is 14.8 Å².